The lowest BCUT2D eigenvalue weighted by Crippen LogP contribution is -2.53. The number of nitrogens with zero attached hydrogens (tertiary/aromatic N) is 4. The number of hydrogen-bond donors (Lipinski definition) is 1. The number of hydrogen-bond acceptors (Lipinski definition) is 4. The molecule has 1 aromatic rings. The van der Waals surface area contributed by atoms with Gasteiger partial charge in [-0.3, -0.25) is 4.79 Å². The van der Waals surface area contributed by atoms with E-state index in [1.54, 1.807) is 19.0 Å². The fourth-order valence-electron chi connectivity index (χ4n) is 3.36. The molecule has 154 valence electrons. The molecule has 28 heavy (non-hydrogen) atoms. The number of amides is 1. The van der Waals surface area contributed by atoms with Crippen molar-refractivity contribution in [2.24, 2.45) is 10.9 Å². The smallest absolute Gasteiger partial charge is 0.243 e. The van der Waals surface area contributed by atoms with Crippen molar-refractivity contribution in [3.8, 4) is 0 Å². The fraction of sp³-hybridized carbons (Fsp3) is 0.600. The van der Waals surface area contributed by atoms with Crippen molar-refractivity contribution >= 4 is 17.6 Å². The Balaban J connectivity index is 1.59. The SMILES string of the molecule is CN(C)C(=O)CN=C(NCC1CCOC1)N1CCN(c2ccc(F)cc2)CC1. The Morgan fingerprint density at radius 1 is 1.25 bits per heavy atom. The summed E-state index contributed by atoms with van der Waals surface area (Å²) in [5.74, 6) is 1.02. The van der Waals surface area contributed by atoms with Crippen molar-refractivity contribution in [2.75, 3.05) is 71.5 Å². The molecule has 0 saturated carbocycles. The van der Waals surface area contributed by atoms with Gasteiger partial charge in [0.25, 0.3) is 0 Å². The van der Waals surface area contributed by atoms with Gasteiger partial charge in [0.1, 0.15) is 12.4 Å². The molecule has 1 amide bonds. The first-order chi connectivity index (χ1) is 13.5. The predicted molar refractivity (Wildman–Crippen MR) is 108 cm³/mol. The van der Waals surface area contributed by atoms with E-state index in [1.165, 1.54) is 12.1 Å². The summed E-state index contributed by atoms with van der Waals surface area (Å²) in [5.41, 5.74) is 1.03. The van der Waals surface area contributed by atoms with Gasteiger partial charge in [0, 0.05) is 65.0 Å². The van der Waals surface area contributed by atoms with Crippen LogP contribution in [0.3, 0.4) is 0 Å². The second kappa shape index (κ2) is 9.73. The Morgan fingerprint density at radius 3 is 2.57 bits per heavy atom. The highest BCUT2D eigenvalue weighted by Gasteiger charge is 2.22. The minimum absolute atomic E-state index is 0.0200. The molecular formula is C20H30FN5O2. The summed E-state index contributed by atoms with van der Waals surface area (Å²) < 4.78 is 18.6. The molecule has 1 N–H and O–H groups in total. The van der Waals surface area contributed by atoms with E-state index >= 15 is 0 Å². The zero-order valence-electron chi connectivity index (χ0n) is 16.7. The van der Waals surface area contributed by atoms with Crippen LogP contribution in [0.15, 0.2) is 29.3 Å². The monoisotopic (exact) mass is 391 g/mol. The highest BCUT2D eigenvalue weighted by molar-refractivity contribution is 5.85. The maximum atomic E-state index is 13.2. The van der Waals surface area contributed by atoms with Crippen LogP contribution in [0.2, 0.25) is 0 Å². The number of anilines is 1. The zero-order valence-corrected chi connectivity index (χ0v) is 16.7. The summed E-state index contributed by atoms with van der Waals surface area (Å²) >= 11 is 0. The largest absolute Gasteiger partial charge is 0.381 e. The maximum Gasteiger partial charge on any atom is 0.243 e. The molecule has 7 nitrogen and oxygen atoms in total. The van der Waals surface area contributed by atoms with Gasteiger partial charge in [-0.2, -0.15) is 0 Å². The lowest BCUT2D eigenvalue weighted by molar-refractivity contribution is -0.127. The molecule has 3 rings (SSSR count). The van der Waals surface area contributed by atoms with Gasteiger partial charge in [0.05, 0.1) is 6.61 Å². The van der Waals surface area contributed by atoms with Gasteiger partial charge in [0.15, 0.2) is 5.96 Å². The quantitative estimate of drug-likeness (QED) is 0.600. The number of benzene rings is 1. The number of halogens is 1. The highest BCUT2D eigenvalue weighted by atomic mass is 19.1. The highest BCUT2D eigenvalue weighted by Crippen LogP contribution is 2.17. The summed E-state index contributed by atoms with van der Waals surface area (Å²) in [4.78, 5) is 22.5. The van der Waals surface area contributed by atoms with Gasteiger partial charge >= 0.3 is 0 Å². The molecule has 1 atom stereocenters. The molecule has 0 aliphatic carbocycles. The van der Waals surface area contributed by atoms with Gasteiger partial charge in [-0.15, -0.1) is 0 Å². The van der Waals surface area contributed by atoms with Gasteiger partial charge in [-0.25, -0.2) is 9.38 Å². The standard InChI is InChI=1S/C20H30FN5O2/c1-24(2)19(27)14-23-20(22-13-16-7-12-28-15-16)26-10-8-25(9-11-26)18-5-3-17(21)4-6-18/h3-6,16H,7-15H2,1-2H3,(H,22,23). The fourth-order valence-corrected chi connectivity index (χ4v) is 3.36. The Morgan fingerprint density at radius 2 is 1.96 bits per heavy atom. The lowest BCUT2D eigenvalue weighted by atomic mass is 10.1. The van der Waals surface area contributed by atoms with Gasteiger partial charge in [0.2, 0.25) is 5.91 Å². The van der Waals surface area contributed by atoms with Crippen LogP contribution in [0, 0.1) is 11.7 Å². The number of nitrogens with one attached hydrogen (secondary N) is 1. The summed E-state index contributed by atoms with van der Waals surface area (Å²) in [6.45, 7) is 5.74. The van der Waals surface area contributed by atoms with Crippen molar-refractivity contribution in [3.63, 3.8) is 0 Å². The van der Waals surface area contributed by atoms with E-state index in [-0.39, 0.29) is 18.3 Å². The average molecular weight is 391 g/mol. The molecule has 2 fully saturated rings. The van der Waals surface area contributed by atoms with Crippen LogP contribution < -0.4 is 10.2 Å². The van der Waals surface area contributed by atoms with Crippen molar-refractivity contribution < 1.29 is 13.9 Å². The Kier molecular flexibility index (Phi) is 7.08. The molecule has 1 aromatic carbocycles. The van der Waals surface area contributed by atoms with Crippen molar-refractivity contribution in [1.82, 2.24) is 15.1 Å². The molecule has 2 aliphatic heterocycles. The van der Waals surface area contributed by atoms with E-state index in [0.29, 0.717) is 5.92 Å². The van der Waals surface area contributed by atoms with E-state index in [1.807, 2.05) is 12.1 Å². The molecule has 8 heteroatoms. The van der Waals surface area contributed by atoms with E-state index in [0.717, 1.165) is 64.0 Å². The number of piperazine rings is 1. The summed E-state index contributed by atoms with van der Waals surface area (Å²) in [6.07, 6.45) is 1.05. The molecule has 0 spiro atoms. The molecule has 0 aromatic heterocycles. The van der Waals surface area contributed by atoms with Crippen LogP contribution in [0.1, 0.15) is 6.42 Å². The van der Waals surface area contributed by atoms with Gasteiger partial charge < -0.3 is 24.8 Å². The summed E-state index contributed by atoms with van der Waals surface area (Å²) in [7, 11) is 3.48. The number of guanidine groups is 1. The average Bonchev–Trinajstić information content (AvgIpc) is 3.22. The molecule has 2 aliphatic rings. The van der Waals surface area contributed by atoms with Crippen molar-refractivity contribution in [3.05, 3.63) is 30.1 Å². The first-order valence-corrected chi connectivity index (χ1v) is 9.84. The predicted octanol–water partition coefficient (Wildman–Crippen LogP) is 1.02. The lowest BCUT2D eigenvalue weighted by Gasteiger charge is -2.38. The Labute approximate surface area is 166 Å². The molecule has 0 radical (unpaired) electrons. The summed E-state index contributed by atoms with van der Waals surface area (Å²) in [5, 5.41) is 3.44. The first-order valence-electron chi connectivity index (χ1n) is 9.84. The number of rotatable bonds is 5. The molecule has 2 saturated heterocycles. The van der Waals surface area contributed by atoms with Crippen molar-refractivity contribution in [1.29, 1.82) is 0 Å². The van der Waals surface area contributed by atoms with E-state index in [4.69, 9.17) is 4.74 Å². The first kappa shape index (κ1) is 20.4. The Bertz CT molecular complexity index is 666. The van der Waals surface area contributed by atoms with Gasteiger partial charge in [-0.05, 0) is 30.7 Å². The number of likely N-dealkylation sites (N-methyl/N-ethyl adjacent to an activating group) is 1. The second-order valence-corrected chi connectivity index (χ2v) is 7.49. The normalized spacial score (nSPS) is 20.4. The van der Waals surface area contributed by atoms with E-state index in [2.05, 4.69) is 20.1 Å². The second-order valence-electron chi connectivity index (χ2n) is 7.49. The Hall–Kier alpha value is -2.35. The third-order valence-electron chi connectivity index (χ3n) is 5.21. The minimum Gasteiger partial charge on any atom is -0.381 e. The third kappa shape index (κ3) is 5.58. The number of ether oxygens (including phenoxy) is 1. The maximum absolute atomic E-state index is 13.2. The van der Waals surface area contributed by atoms with Crippen molar-refractivity contribution in [2.45, 2.75) is 6.42 Å². The summed E-state index contributed by atoms with van der Waals surface area (Å²) in [6, 6.07) is 6.61. The topological polar surface area (TPSA) is 60.4 Å². The van der Waals surface area contributed by atoms with E-state index < -0.39 is 0 Å². The van der Waals surface area contributed by atoms with Crippen LogP contribution in [-0.4, -0.2) is 88.2 Å². The minimum atomic E-state index is -0.220. The van der Waals surface area contributed by atoms with Crippen LogP contribution in [0.5, 0.6) is 0 Å². The molecule has 2 heterocycles. The number of carbonyl (C=O) groups excluding carboxylic acids is 1. The number of carbonyl (C=O) groups is 1. The molecule has 1 unspecified atom stereocenters. The van der Waals surface area contributed by atoms with Crippen LogP contribution in [-0.2, 0) is 9.53 Å². The molecule has 0 bridgehead atoms. The zero-order chi connectivity index (χ0) is 19.9. The number of aliphatic imine (C=N–C) groups is 1. The van der Waals surface area contributed by atoms with Crippen LogP contribution >= 0.6 is 0 Å². The van der Waals surface area contributed by atoms with Crippen LogP contribution in [0.25, 0.3) is 0 Å². The van der Waals surface area contributed by atoms with Crippen LogP contribution in [0.4, 0.5) is 10.1 Å². The van der Waals surface area contributed by atoms with Gasteiger partial charge in [-0.1, -0.05) is 0 Å². The molecular weight excluding hydrogens is 361 g/mol. The third-order valence-corrected chi connectivity index (χ3v) is 5.21. The van der Waals surface area contributed by atoms with E-state index in [9.17, 15) is 9.18 Å².